The lowest BCUT2D eigenvalue weighted by molar-refractivity contribution is -0.0886. The van der Waals surface area contributed by atoms with Gasteiger partial charge in [-0.3, -0.25) is 4.79 Å². The SMILES string of the molecule is CN(C(=O)c1ccc(F)cn1)c1ccn2ncc(C3C=CC(C(F)(F)F)=CC3)c2c1. The van der Waals surface area contributed by atoms with Gasteiger partial charge in [-0.25, -0.2) is 13.9 Å². The van der Waals surface area contributed by atoms with Crippen LogP contribution in [-0.4, -0.2) is 33.7 Å². The molecule has 154 valence electrons. The second-order valence-corrected chi connectivity index (χ2v) is 6.90. The number of anilines is 1. The topological polar surface area (TPSA) is 50.5 Å². The van der Waals surface area contributed by atoms with Gasteiger partial charge in [-0.2, -0.15) is 18.3 Å². The predicted molar refractivity (Wildman–Crippen MR) is 103 cm³/mol. The summed E-state index contributed by atoms with van der Waals surface area (Å²) in [5.74, 6) is -1.22. The van der Waals surface area contributed by atoms with Gasteiger partial charge in [0.15, 0.2) is 0 Å². The monoisotopic (exact) mass is 416 g/mol. The number of alkyl halides is 3. The molecular weight excluding hydrogens is 400 g/mol. The van der Waals surface area contributed by atoms with Crippen molar-refractivity contribution in [1.29, 1.82) is 0 Å². The van der Waals surface area contributed by atoms with E-state index in [-0.39, 0.29) is 18.0 Å². The van der Waals surface area contributed by atoms with Crippen molar-refractivity contribution in [2.75, 3.05) is 11.9 Å². The number of hydrogen-bond acceptors (Lipinski definition) is 3. The minimum atomic E-state index is -4.37. The molecule has 0 saturated heterocycles. The van der Waals surface area contributed by atoms with Crippen molar-refractivity contribution in [3.05, 3.63) is 83.7 Å². The van der Waals surface area contributed by atoms with Crippen LogP contribution in [0.1, 0.15) is 28.4 Å². The number of aromatic nitrogens is 3. The van der Waals surface area contributed by atoms with E-state index in [0.29, 0.717) is 11.2 Å². The normalized spacial score (nSPS) is 16.6. The molecule has 0 aromatic carbocycles. The molecule has 1 aliphatic rings. The van der Waals surface area contributed by atoms with Crippen molar-refractivity contribution in [2.45, 2.75) is 18.5 Å². The lowest BCUT2D eigenvalue weighted by Gasteiger charge is -2.19. The highest BCUT2D eigenvalue weighted by molar-refractivity contribution is 6.04. The maximum atomic E-state index is 13.1. The molecule has 1 atom stereocenters. The summed E-state index contributed by atoms with van der Waals surface area (Å²) in [6.07, 6.45) is 3.86. The molecule has 1 amide bonds. The summed E-state index contributed by atoms with van der Waals surface area (Å²) in [4.78, 5) is 17.8. The highest BCUT2D eigenvalue weighted by atomic mass is 19.4. The smallest absolute Gasteiger partial charge is 0.310 e. The molecule has 3 heterocycles. The molecule has 0 bridgehead atoms. The molecule has 30 heavy (non-hydrogen) atoms. The van der Waals surface area contributed by atoms with Crippen molar-refractivity contribution >= 4 is 17.1 Å². The van der Waals surface area contributed by atoms with Crippen LogP contribution in [0.15, 0.2) is 66.7 Å². The number of hydrogen-bond donors (Lipinski definition) is 0. The average molecular weight is 416 g/mol. The van der Waals surface area contributed by atoms with Gasteiger partial charge in [0.25, 0.3) is 5.91 Å². The summed E-state index contributed by atoms with van der Waals surface area (Å²) < 4.78 is 53.2. The van der Waals surface area contributed by atoms with Crippen molar-refractivity contribution in [3.8, 4) is 0 Å². The number of rotatable bonds is 3. The van der Waals surface area contributed by atoms with Crippen LogP contribution in [0.4, 0.5) is 23.2 Å². The van der Waals surface area contributed by atoms with E-state index in [1.165, 1.54) is 23.1 Å². The Morgan fingerprint density at radius 3 is 2.67 bits per heavy atom. The van der Waals surface area contributed by atoms with Crippen LogP contribution in [0.25, 0.3) is 5.52 Å². The number of halogens is 4. The van der Waals surface area contributed by atoms with Gasteiger partial charge in [-0.05, 0) is 30.7 Å². The average Bonchev–Trinajstić information content (AvgIpc) is 3.16. The largest absolute Gasteiger partial charge is 0.416 e. The molecule has 3 aromatic rings. The highest BCUT2D eigenvalue weighted by Crippen LogP contribution is 2.36. The zero-order valence-electron chi connectivity index (χ0n) is 15.8. The number of allylic oxidation sites excluding steroid dienone is 4. The van der Waals surface area contributed by atoms with Crippen LogP contribution in [0.5, 0.6) is 0 Å². The first-order valence-corrected chi connectivity index (χ1v) is 9.06. The first-order chi connectivity index (χ1) is 14.2. The minimum absolute atomic E-state index is 0.0903. The van der Waals surface area contributed by atoms with Gasteiger partial charge in [0.2, 0.25) is 0 Å². The third kappa shape index (κ3) is 3.70. The standard InChI is InChI=1S/C21H16F4N4O/c1-28(20(30)18-7-6-15(22)11-26-18)16-8-9-29-19(10-16)17(12-27-29)13-2-4-14(5-3-13)21(23,24)25/h2,4-13H,3H2,1H3. The Hall–Kier alpha value is -3.49. The second kappa shape index (κ2) is 7.40. The maximum Gasteiger partial charge on any atom is 0.416 e. The Morgan fingerprint density at radius 2 is 2.03 bits per heavy atom. The number of nitrogens with zero attached hydrogens (tertiary/aromatic N) is 4. The van der Waals surface area contributed by atoms with E-state index in [2.05, 4.69) is 10.1 Å². The van der Waals surface area contributed by atoms with Gasteiger partial charge >= 0.3 is 6.18 Å². The van der Waals surface area contributed by atoms with Crippen LogP contribution in [0, 0.1) is 5.82 Å². The van der Waals surface area contributed by atoms with E-state index in [0.717, 1.165) is 23.9 Å². The van der Waals surface area contributed by atoms with Crippen molar-refractivity contribution in [2.24, 2.45) is 0 Å². The molecule has 1 aliphatic carbocycles. The zero-order valence-corrected chi connectivity index (χ0v) is 15.8. The van der Waals surface area contributed by atoms with E-state index in [4.69, 9.17) is 0 Å². The maximum absolute atomic E-state index is 13.1. The fraction of sp³-hybridized carbons (Fsp3) is 0.190. The molecule has 4 rings (SSSR count). The summed E-state index contributed by atoms with van der Waals surface area (Å²) in [5, 5.41) is 4.26. The second-order valence-electron chi connectivity index (χ2n) is 6.90. The third-order valence-corrected chi connectivity index (χ3v) is 5.00. The third-order valence-electron chi connectivity index (χ3n) is 5.00. The van der Waals surface area contributed by atoms with Crippen molar-refractivity contribution in [3.63, 3.8) is 0 Å². The van der Waals surface area contributed by atoms with Gasteiger partial charge < -0.3 is 4.90 Å². The summed E-state index contributed by atoms with van der Waals surface area (Å²) in [5.41, 5.74) is 1.41. The molecule has 0 N–H and O–H groups in total. The number of amides is 1. The van der Waals surface area contributed by atoms with E-state index >= 15 is 0 Å². The molecule has 0 fully saturated rings. The lowest BCUT2D eigenvalue weighted by Crippen LogP contribution is -2.27. The molecule has 9 heteroatoms. The van der Waals surface area contributed by atoms with E-state index in [9.17, 15) is 22.4 Å². The zero-order chi connectivity index (χ0) is 21.5. The highest BCUT2D eigenvalue weighted by Gasteiger charge is 2.33. The van der Waals surface area contributed by atoms with Crippen molar-refractivity contribution in [1.82, 2.24) is 14.6 Å². The van der Waals surface area contributed by atoms with Crippen LogP contribution in [0.3, 0.4) is 0 Å². The minimum Gasteiger partial charge on any atom is -0.310 e. The molecule has 5 nitrogen and oxygen atoms in total. The van der Waals surface area contributed by atoms with E-state index < -0.39 is 23.5 Å². The Labute approximate surface area is 168 Å². The fourth-order valence-corrected chi connectivity index (χ4v) is 3.34. The number of pyridine rings is 2. The van der Waals surface area contributed by atoms with Gasteiger partial charge in [0, 0.05) is 30.4 Å². The van der Waals surface area contributed by atoms with Crippen LogP contribution >= 0.6 is 0 Å². The van der Waals surface area contributed by atoms with E-state index in [1.807, 2.05) is 0 Å². The van der Waals surface area contributed by atoms with E-state index in [1.54, 1.807) is 36.1 Å². The molecule has 0 aliphatic heterocycles. The number of carbonyl (C=O) groups excluding carboxylic acids is 1. The number of carbonyl (C=O) groups is 1. The van der Waals surface area contributed by atoms with Gasteiger partial charge in [-0.1, -0.05) is 18.2 Å². The molecule has 0 radical (unpaired) electrons. The first kappa shape index (κ1) is 19.8. The fourth-order valence-electron chi connectivity index (χ4n) is 3.34. The quantitative estimate of drug-likeness (QED) is 0.583. The van der Waals surface area contributed by atoms with Crippen LogP contribution in [0.2, 0.25) is 0 Å². The van der Waals surface area contributed by atoms with Gasteiger partial charge in [0.1, 0.15) is 11.5 Å². The molecule has 0 spiro atoms. The molecule has 1 unspecified atom stereocenters. The van der Waals surface area contributed by atoms with Crippen LogP contribution in [-0.2, 0) is 0 Å². The first-order valence-electron chi connectivity index (χ1n) is 9.06. The Morgan fingerprint density at radius 1 is 1.23 bits per heavy atom. The Balaban J connectivity index is 1.62. The van der Waals surface area contributed by atoms with Crippen LogP contribution < -0.4 is 4.90 Å². The summed E-state index contributed by atoms with van der Waals surface area (Å²) in [6, 6.07) is 5.88. The summed E-state index contributed by atoms with van der Waals surface area (Å²) in [6.45, 7) is 0. The summed E-state index contributed by atoms with van der Waals surface area (Å²) >= 11 is 0. The molecule has 3 aromatic heterocycles. The molecular formula is C21H16F4N4O. The Bertz CT molecular complexity index is 1160. The lowest BCUT2D eigenvalue weighted by atomic mass is 9.90. The Kier molecular flexibility index (Phi) is 4.89. The van der Waals surface area contributed by atoms with Gasteiger partial charge in [-0.15, -0.1) is 0 Å². The molecule has 0 saturated carbocycles. The predicted octanol–water partition coefficient (Wildman–Crippen LogP) is 4.68. The van der Waals surface area contributed by atoms with Gasteiger partial charge in [0.05, 0.1) is 23.5 Å². The van der Waals surface area contributed by atoms with Crippen molar-refractivity contribution < 1.29 is 22.4 Å². The summed E-state index contributed by atoms with van der Waals surface area (Å²) in [7, 11) is 1.56. The number of fused-ring (bicyclic) bond motifs is 1.